The lowest BCUT2D eigenvalue weighted by Crippen LogP contribution is -2.42. The van der Waals surface area contributed by atoms with E-state index in [9.17, 15) is 0 Å². The number of aryl methyl sites for hydroxylation is 1. The van der Waals surface area contributed by atoms with Gasteiger partial charge in [-0.2, -0.15) is 0 Å². The van der Waals surface area contributed by atoms with E-state index in [2.05, 4.69) is 36.0 Å². The van der Waals surface area contributed by atoms with E-state index in [4.69, 9.17) is 9.72 Å². The lowest BCUT2D eigenvalue weighted by Gasteiger charge is -2.33. The number of ether oxygens (including phenoxy) is 1. The first-order chi connectivity index (χ1) is 11.5. The second-order valence-electron chi connectivity index (χ2n) is 7.39. The molecule has 1 aromatic heterocycles. The first-order valence-corrected chi connectivity index (χ1v) is 9.84. The van der Waals surface area contributed by atoms with Crippen LogP contribution in [-0.2, 0) is 11.3 Å². The Labute approximate surface area is 172 Å². The number of aliphatic imine (C=N–C) groups is 1. The molecule has 2 aliphatic heterocycles. The van der Waals surface area contributed by atoms with Gasteiger partial charge in [0.15, 0.2) is 5.96 Å². The summed E-state index contributed by atoms with van der Waals surface area (Å²) in [5, 5.41) is 4.67. The van der Waals surface area contributed by atoms with E-state index in [0.717, 1.165) is 43.8 Å². The number of likely N-dealkylation sites (tertiary alicyclic amines) is 1. The third kappa shape index (κ3) is 4.86. The Morgan fingerprint density at radius 3 is 2.68 bits per heavy atom. The highest BCUT2D eigenvalue weighted by Crippen LogP contribution is 2.39. The molecule has 0 bridgehead atoms. The quantitative estimate of drug-likeness (QED) is 0.408. The number of nitrogens with zero attached hydrogens (tertiary/aromatic N) is 3. The van der Waals surface area contributed by atoms with Crippen molar-refractivity contribution in [3.63, 3.8) is 0 Å². The van der Waals surface area contributed by atoms with Crippen LogP contribution in [0.2, 0.25) is 0 Å². The number of aromatic nitrogens is 1. The van der Waals surface area contributed by atoms with Crippen molar-refractivity contribution in [2.75, 3.05) is 33.4 Å². The van der Waals surface area contributed by atoms with E-state index in [1.165, 1.54) is 29.8 Å². The Hall–Kier alpha value is -0.410. The van der Waals surface area contributed by atoms with Gasteiger partial charge in [0.1, 0.15) is 5.01 Å². The molecule has 1 spiro atoms. The molecule has 0 aromatic carbocycles. The molecule has 0 amide bonds. The molecule has 1 N–H and O–H groups in total. The van der Waals surface area contributed by atoms with E-state index in [-0.39, 0.29) is 24.0 Å². The van der Waals surface area contributed by atoms with Crippen LogP contribution in [0.25, 0.3) is 0 Å². The van der Waals surface area contributed by atoms with Crippen LogP contribution in [0.4, 0.5) is 0 Å². The Balaban J connectivity index is 0.00000225. The number of halogens is 1. The van der Waals surface area contributed by atoms with Gasteiger partial charge in [0, 0.05) is 38.2 Å². The Bertz CT molecular complexity index is 596. The highest BCUT2D eigenvalue weighted by molar-refractivity contribution is 14.0. The number of hydrogen-bond acceptors (Lipinski definition) is 4. The normalized spacial score (nSPS) is 20.2. The molecule has 1 aromatic rings. The third-order valence-electron chi connectivity index (χ3n) is 5.32. The van der Waals surface area contributed by atoms with Crippen LogP contribution in [-0.4, -0.2) is 49.2 Å². The van der Waals surface area contributed by atoms with Crippen molar-refractivity contribution in [2.24, 2.45) is 10.4 Å². The number of guanidine groups is 1. The summed E-state index contributed by atoms with van der Waals surface area (Å²) >= 11 is 1.80. The first kappa shape index (κ1) is 20.9. The van der Waals surface area contributed by atoms with Crippen molar-refractivity contribution in [3.8, 4) is 0 Å². The van der Waals surface area contributed by atoms with Crippen LogP contribution in [0.5, 0.6) is 0 Å². The molecule has 2 fully saturated rings. The lowest BCUT2D eigenvalue weighted by atomic mass is 9.80. The fourth-order valence-electron chi connectivity index (χ4n) is 3.89. The summed E-state index contributed by atoms with van der Waals surface area (Å²) < 4.78 is 5.55. The molecule has 2 aliphatic rings. The van der Waals surface area contributed by atoms with Crippen molar-refractivity contribution in [1.82, 2.24) is 15.2 Å². The zero-order valence-corrected chi connectivity index (χ0v) is 18.9. The van der Waals surface area contributed by atoms with Gasteiger partial charge in [-0.15, -0.1) is 35.3 Å². The van der Waals surface area contributed by atoms with Crippen molar-refractivity contribution in [2.45, 2.75) is 52.5 Å². The fraction of sp³-hybridized carbons (Fsp3) is 0.778. The number of thiazole rings is 1. The molecule has 25 heavy (non-hydrogen) atoms. The lowest BCUT2D eigenvalue weighted by molar-refractivity contribution is 0.0217. The Morgan fingerprint density at radius 2 is 2.08 bits per heavy atom. The molecule has 0 aliphatic carbocycles. The molecule has 0 saturated carbocycles. The molecule has 2 saturated heterocycles. The van der Waals surface area contributed by atoms with Gasteiger partial charge in [0.05, 0.1) is 12.2 Å². The predicted octanol–water partition coefficient (Wildman–Crippen LogP) is 3.77. The van der Waals surface area contributed by atoms with Crippen LogP contribution >= 0.6 is 35.3 Å². The van der Waals surface area contributed by atoms with Crippen molar-refractivity contribution in [3.05, 3.63) is 15.6 Å². The van der Waals surface area contributed by atoms with E-state index in [1.54, 1.807) is 11.3 Å². The molecule has 0 atom stereocenters. The minimum atomic E-state index is 0. The topological polar surface area (TPSA) is 49.8 Å². The van der Waals surface area contributed by atoms with Crippen LogP contribution in [0.1, 0.15) is 54.6 Å². The Kier molecular flexibility index (Phi) is 7.52. The summed E-state index contributed by atoms with van der Waals surface area (Å²) in [5.74, 6) is 1.50. The fourth-order valence-corrected chi connectivity index (χ4v) is 4.92. The van der Waals surface area contributed by atoms with Gasteiger partial charge in [0.2, 0.25) is 0 Å². The van der Waals surface area contributed by atoms with Crippen molar-refractivity contribution in [1.29, 1.82) is 0 Å². The highest BCUT2D eigenvalue weighted by atomic mass is 127. The molecule has 7 heteroatoms. The molecular formula is C18H31IN4OS. The molecular weight excluding hydrogens is 447 g/mol. The van der Waals surface area contributed by atoms with Gasteiger partial charge < -0.3 is 15.0 Å². The predicted molar refractivity (Wildman–Crippen MR) is 115 cm³/mol. The summed E-state index contributed by atoms with van der Waals surface area (Å²) in [4.78, 5) is 13.0. The molecule has 142 valence electrons. The molecule has 3 rings (SSSR count). The molecule has 5 nitrogen and oxygen atoms in total. The summed E-state index contributed by atoms with van der Waals surface area (Å²) in [6.07, 6.45) is 3.62. The summed E-state index contributed by atoms with van der Waals surface area (Å²) in [6, 6.07) is 0. The van der Waals surface area contributed by atoms with Crippen LogP contribution < -0.4 is 5.32 Å². The van der Waals surface area contributed by atoms with E-state index < -0.39 is 0 Å². The minimum Gasteiger partial charge on any atom is -0.381 e. The SMILES string of the molecule is CN=C(NCc1nc(C(C)C)c(C)s1)N1CCC2(CCOCC2)C1.I. The molecule has 0 unspecified atom stereocenters. The van der Waals surface area contributed by atoms with Crippen LogP contribution in [0, 0.1) is 12.3 Å². The van der Waals surface area contributed by atoms with Gasteiger partial charge in [0.25, 0.3) is 0 Å². The molecule has 0 radical (unpaired) electrons. The van der Waals surface area contributed by atoms with Gasteiger partial charge in [-0.25, -0.2) is 4.98 Å². The zero-order valence-electron chi connectivity index (χ0n) is 15.8. The van der Waals surface area contributed by atoms with Gasteiger partial charge in [-0.1, -0.05) is 13.8 Å². The number of nitrogens with one attached hydrogen (secondary N) is 1. The number of hydrogen-bond donors (Lipinski definition) is 1. The monoisotopic (exact) mass is 478 g/mol. The smallest absolute Gasteiger partial charge is 0.194 e. The summed E-state index contributed by atoms with van der Waals surface area (Å²) in [7, 11) is 1.88. The van der Waals surface area contributed by atoms with E-state index >= 15 is 0 Å². The minimum absolute atomic E-state index is 0. The van der Waals surface area contributed by atoms with Gasteiger partial charge in [-0.05, 0) is 37.5 Å². The second-order valence-corrected chi connectivity index (χ2v) is 8.68. The zero-order chi connectivity index (χ0) is 17.2. The summed E-state index contributed by atoms with van der Waals surface area (Å²) in [6.45, 7) is 11.4. The van der Waals surface area contributed by atoms with E-state index in [1.807, 2.05) is 7.05 Å². The first-order valence-electron chi connectivity index (χ1n) is 9.02. The largest absolute Gasteiger partial charge is 0.381 e. The average molecular weight is 478 g/mol. The highest BCUT2D eigenvalue weighted by Gasteiger charge is 2.40. The standard InChI is InChI=1S/C18H30N4OS.HI/c1-13(2)16-14(3)24-15(21-16)11-20-17(19-4)22-8-5-18(12-22)6-9-23-10-7-18;/h13H,5-12H2,1-4H3,(H,19,20);1H. The van der Waals surface area contributed by atoms with Crippen LogP contribution in [0.3, 0.4) is 0 Å². The van der Waals surface area contributed by atoms with Gasteiger partial charge in [-0.3, -0.25) is 4.99 Å². The summed E-state index contributed by atoms with van der Waals surface area (Å²) in [5.41, 5.74) is 1.67. The second kappa shape index (κ2) is 8.99. The Morgan fingerprint density at radius 1 is 1.36 bits per heavy atom. The van der Waals surface area contributed by atoms with E-state index in [0.29, 0.717) is 11.3 Å². The van der Waals surface area contributed by atoms with Gasteiger partial charge >= 0.3 is 0 Å². The maximum absolute atomic E-state index is 5.55. The maximum Gasteiger partial charge on any atom is 0.194 e. The van der Waals surface area contributed by atoms with Crippen molar-refractivity contribution < 1.29 is 4.74 Å². The van der Waals surface area contributed by atoms with Crippen LogP contribution in [0.15, 0.2) is 4.99 Å². The third-order valence-corrected chi connectivity index (χ3v) is 6.31. The number of rotatable bonds is 3. The average Bonchev–Trinajstić information content (AvgIpc) is 3.13. The maximum atomic E-state index is 5.55. The van der Waals surface area contributed by atoms with Crippen molar-refractivity contribution >= 4 is 41.3 Å². The molecule has 3 heterocycles.